The molecule has 0 bridgehead atoms. The fourth-order valence-corrected chi connectivity index (χ4v) is 3.56. The summed E-state index contributed by atoms with van der Waals surface area (Å²) < 4.78 is 1.20. The molecule has 1 unspecified atom stereocenters. The highest BCUT2D eigenvalue weighted by molar-refractivity contribution is 9.10. The van der Waals surface area contributed by atoms with Crippen LogP contribution < -0.4 is 5.32 Å². The van der Waals surface area contributed by atoms with Gasteiger partial charge in [-0.1, -0.05) is 0 Å². The molecule has 1 aromatic rings. The molecule has 0 radical (unpaired) electrons. The summed E-state index contributed by atoms with van der Waals surface area (Å²) in [5.74, 6) is 0.952. The Kier molecular flexibility index (Phi) is 5.03. The van der Waals surface area contributed by atoms with E-state index < -0.39 is 0 Å². The number of thiophene rings is 1. The molecule has 96 valence electrons. The first-order valence-corrected chi connectivity index (χ1v) is 7.97. The number of rotatable bonds is 7. The molecular formula is C13H21BrN2S. The van der Waals surface area contributed by atoms with Gasteiger partial charge in [-0.25, -0.2) is 0 Å². The highest BCUT2D eigenvalue weighted by atomic mass is 79.9. The lowest BCUT2D eigenvalue weighted by Gasteiger charge is -2.18. The van der Waals surface area contributed by atoms with E-state index in [0.29, 0.717) is 6.04 Å². The average Bonchev–Trinajstić information content (AvgIpc) is 3.04. The van der Waals surface area contributed by atoms with Crippen LogP contribution in [0.1, 0.15) is 24.6 Å². The summed E-state index contributed by atoms with van der Waals surface area (Å²) in [5, 5.41) is 5.77. The fraction of sp³-hybridized carbons (Fsp3) is 0.692. The van der Waals surface area contributed by atoms with Crippen LogP contribution in [0.4, 0.5) is 0 Å². The Hall–Kier alpha value is 0.1000. The van der Waals surface area contributed by atoms with Gasteiger partial charge >= 0.3 is 0 Å². The van der Waals surface area contributed by atoms with Crippen molar-refractivity contribution in [2.45, 2.75) is 32.4 Å². The van der Waals surface area contributed by atoms with Crippen LogP contribution in [0.5, 0.6) is 0 Å². The second-order valence-corrected chi connectivity index (χ2v) is 6.96. The van der Waals surface area contributed by atoms with Crippen molar-refractivity contribution in [3.05, 3.63) is 20.8 Å². The predicted molar refractivity (Wildman–Crippen MR) is 78.5 cm³/mol. The molecule has 0 amide bonds. The number of halogens is 1. The minimum absolute atomic E-state index is 0.708. The predicted octanol–water partition coefficient (Wildman–Crippen LogP) is 3.33. The van der Waals surface area contributed by atoms with E-state index in [-0.39, 0.29) is 0 Å². The SMILES string of the molecule is CC(NCCN(C)Cc1cc(Br)cs1)C1CC1. The van der Waals surface area contributed by atoms with Crippen LogP contribution in [-0.2, 0) is 6.54 Å². The Labute approximate surface area is 117 Å². The van der Waals surface area contributed by atoms with Crippen LogP contribution in [0.25, 0.3) is 0 Å². The molecule has 1 aliphatic carbocycles. The summed E-state index contributed by atoms with van der Waals surface area (Å²) in [7, 11) is 2.19. The van der Waals surface area contributed by atoms with E-state index in [1.807, 2.05) is 11.3 Å². The zero-order chi connectivity index (χ0) is 12.3. The normalized spacial score (nSPS) is 17.6. The van der Waals surface area contributed by atoms with E-state index in [1.165, 1.54) is 22.2 Å². The van der Waals surface area contributed by atoms with Crippen LogP contribution in [0.15, 0.2) is 15.9 Å². The van der Waals surface area contributed by atoms with Gasteiger partial charge in [-0.05, 0) is 54.7 Å². The van der Waals surface area contributed by atoms with Gasteiger partial charge in [-0.3, -0.25) is 0 Å². The molecule has 1 saturated carbocycles. The number of hydrogen-bond donors (Lipinski definition) is 1. The minimum atomic E-state index is 0.708. The minimum Gasteiger partial charge on any atom is -0.313 e. The van der Waals surface area contributed by atoms with Gasteiger partial charge in [0.15, 0.2) is 0 Å². The molecule has 0 aromatic carbocycles. The molecule has 1 fully saturated rings. The summed E-state index contributed by atoms with van der Waals surface area (Å²) in [6, 6.07) is 2.92. The van der Waals surface area contributed by atoms with E-state index in [0.717, 1.165) is 25.6 Å². The van der Waals surface area contributed by atoms with Gasteiger partial charge in [0.05, 0.1) is 0 Å². The standard InChI is InChI=1S/C13H21BrN2S/c1-10(11-3-4-11)15-5-6-16(2)8-13-7-12(14)9-17-13/h7,9-11,15H,3-6,8H2,1-2H3. The lowest BCUT2D eigenvalue weighted by molar-refractivity contribution is 0.317. The van der Waals surface area contributed by atoms with E-state index in [4.69, 9.17) is 0 Å². The van der Waals surface area contributed by atoms with Crippen LogP contribution >= 0.6 is 27.3 Å². The third-order valence-electron chi connectivity index (χ3n) is 3.34. The Morgan fingerprint density at radius 1 is 1.59 bits per heavy atom. The van der Waals surface area contributed by atoms with Crippen molar-refractivity contribution < 1.29 is 0 Å². The van der Waals surface area contributed by atoms with Crippen molar-refractivity contribution in [1.82, 2.24) is 10.2 Å². The van der Waals surface area contributed by atoms with Gasteiger partial charge in [-0.15, -0.1) is 11.3 Å². The maximum atomic E-state index is 3.62. The summed E-state index contributed by atoms with van der Waals surface area (Å²) >= 11 is 5.32. The van der Waals surface area contributed by atoms with E-state index in [2.05, 4.69) is 51.6 Å². The van der Waals surface area contributed by atoms with Crippen molar-refractivity contribution in [3.63, 3.8) is 0 Å². The monoisotopic (exact) mass is 316 g/mol. The molecule has 0 spiro atoms. The van der Waals surface area contributed by atoms with E-state index >= 15 is 0 Å². The molecule has 1 aliphatic rings. The number of likely N-dealkylation sites (N-methyl/N-ethyl adjacent to an activating group) is 1. The molecule has 1 atom stereocenters. The molecule has 1 heterocycles. The van der Waals surface area contributed by atoms with Gasteiger partial charge in [-0.2, -0.15) is 0 Å². The Balaban J connectivity index is 1.61. The van der Waals surface area contributed by atoms with Gasteiger partial charge in [0.2, 0.25) is 0 Å². The summed E-state index contributed by atoms with van der Waals surface area (Å²) in [5.41, 5.74) is 0. The lowest BCUT2D eigenvalue weighted by Crippen LogP contribution is -2.35. The van der Waals surface area contributed by atoms with Crippen molar-refractivity contribution in [2.24, 2.45) is 5.92 Å². The number of nitrogens with one attached hydrogen (secondary N) is 1. The lowest BCUT2D eigenvalue weighted by atomic mass is 10.2. The van der Waals surface area contributed by atoms with Gasteiger partial charge in [0, 0.05) is 40.4 Å². The first-order valence-electron chi connectivity index (χ1n) is 6.30. The third kappa shape index (κ3) is 4.70. The van der Waals surface area contributed by atoms with Gasteiger partial charge < -0.3 is 10.2 Å². The zero-order valence-corrected chi connectivity index (χ0v) is 13.0. The Morgan fingerprint density at radius 2 is 2.35 bits per heavy atom. The van der Waals surface area contributed by atoms with Crippen LogP contribution in [0.3, 0.4) is 0 Å². The van der Waals surface area contributed by atoms with Crippen LogP contribution in [-0.4, -0.2) is 31.1 Å². The molecule has 4 heteroatoms. The maximum absolute atomic E-state index is 3.62. The molecule has 2 nitrogen and oxygen atoms in total. The Bertz CT molecular complexity index is 349. The van der Waals surface area contributed by atoms with Crippen LogP contribution in [0, 0.1) is 5.92 Å². The van der Waals surface area contributed by atoms with Crippen molar-refractivity contribution >= 4 is 27.3 Å². The fourth-order valence-electron chi connectivity index (χ4n) is 2.03. The molecule has 1 N–H and O–H groups in total. The first kappa shape index (κ1) is 13.5. The third-order valence-corrected chi connectivity index (χ3v) is 5.02. The summed E-state index contributed by atoms with van der Waals surface area (Å²) in [4.78, 5) is 3.81. The zero-order valence-electron chi connectivity index (χ0n) is 10.6. The van der Waals surface area contributed by atoms with E-state index in [9.17, 15) is 0 Å². The molecule has 2 rings (SSSR count). The highest BCUT2D eigenvalue weighted by Crippen LogP contribution is 2.32. The second-order valence-electron chi connectivity index (χ2n) is 5.05. The average molecular weight is 317 g/mol. The number of hydrogen-bond acceptors (Lipinski definition) is 3. The number of nitrogens with zero attached hydrogens (tertiary/aromatic N) is 1. The Morgan fingerprint density at radius 3 is 2.94 bits per heavy atom. The molecule has 0 saturated heterocycles. The topological polar surface area (TPSA) is 15.3 Å². The maximum Gasteiger partial charge on any atom is 0.0325 e. The van der Waals surface area contributed by atoms with Crippen molar-refractivity contribution in [3.8, 4) is 0 Å². The second kappa shape index (κ2) is 6.32. The smallest absolute Gasteiger partial charge is 0.0325 e. The highest BCUT2D eigenvalue weighted by Gasteiger charge is 2.27. The molecule has 1 aromatic heterocycles. The quantitative estimate of drug-likeness (QED) is 0.830. The summed E-state index contributed by atoms with van der Waals surface area (Å²) in [6.45, 7) is 5.58. The van der Waals surface area contributed by atoms with Crippen molar-refractivity contribution in [2.75, 3.05) is 20.1 Å². The molecule has 0 aliphatic heterocycles. The van der Waals surface area contributed by atoms with E-state index in [1.54, 1.807) is 0 Å². The largest absolute Gasteiger partial charge is 0.313 e. The van der Waals surface area contributed by atoms with Gasteiger partial charge in [0.25, 0.3) is 0 Å². The summed E-state index contributed by atoms with van der Waals surface area (Å²) in [6.07, 6.45) is 2.85. The van der Waals surface area contributed by atoms with Gasteiger partial charge in [0.1, 0.15) is 0 Å². The molecular weight excluding hydrogens is 296 g/mol. The van der Waals surface area contributed by atoms with Crippen molar-refractivity contribution in [1.29, 1.82) is 0 Å². The first-order chi connectivity index (χ1) is 8.15. The van der Waals surface area contributed by atoms with Crippen LogP contribution in [0.2, 0.25) is 0 Å². The molecule has 17 heavy (non-hydrogen) atoms.